The van der Waals surface area contributed by atoms with Gasteiger partial charge in [0.15, 0.2) is 13.7 Å². The number of hydrogen-bond acceptors (Lipinski definition) is 8. The first-order valence-corrected chi connectivity index (χ1v) is 11.4. The molecule has 2 aliphatic heterocycles. The first-order chi connectivity index (χ1) is 16.3. The third kappa shape index (κ3) is 3.98. The number of cyclic esters (lactones) is 1. The molecule has 34 heavy (non-hydrogen) atoms. The van der Waals surface area contributed by atoms with Crippen molar-refractivity contribution in [3.05, 3.63) is 69.7 Å². The van der Waals surface area contributed by atoms with Gasteiger partial charge in [-0.25, -0.2) is 9.78 Å². The van der Waals surface area contributed by atoms with Crippen LogP contribution in [-0.2, 0) is 11.3 Å². The van der Waals surface area contributed by atoms with E-state index in [1.54, 1.807) is 12.4 Å². The second-order valence-electron chi connectivity index (χ2n) is 9.20. The molecule has 1 saturated heterocycles. The van der Waals surface area contributed by atoms with Crippen LogP contribution in [0, 0.1) is 25.2 Å². The lowest BCUT2D eigenvalue weighted by atomic mass is 9.84. The van der Waals surface area contributed by atoms with Crippen molar-refractivity contribution in [1.29, 1.82) is 5.26 Å². The second kappa shape index (κ2) is 8.67. The number of nitrogens with one attached hydrogen (secondary N) is 1. The molecule has 2 aromatic heterocycles. The molecule has 172 valence electrons. The summed E-state index contributed by atoms with van der Waals surface area (Å²) in [5, 5.41) is 21.8. The molecule has 3 aromatic rings. The van der Waals surface area contributed by atoms with Crippen LogP contribution >= 0.6 is 0 Å². The highest BCUT2D eigenvalue weighted by molar-refractivity contribution is 6.15. The van der Waals surface area contributed by atoms with Crippen LogP contribution in [0.4, 0.5) is 0 Å². The summed E-state index contributed by atoms with van der Waals surface area (Å²) >= 11 is 0. The Morgan fingerprint density at radius 1 is 1.29 bits per heavy atom. The highest BCUT2D eigenvalue weighted by Crippen LogP contribution is 2.35. The van der Waals surface area contributed by atoms with E-state index in [9.17, 15) is 4.79 Å². The maximum Gasteiger partial charge on any atom is 0.338 e. The molecule has 0 saturated carbocycles. The maximum absolute atomic E-state index is 12.1. The van der Waals surface area contributed by atoms with Crippen molar-refractivity contribution >= 4 is 13.8 Å². The molecule has 1 N–H and O–H groups in total. The first kappa shape index (κ1) is 22.3. The minimum atomic E-state index is -0.237. The van der Waals surface area contributed by atoms with Crippen LogP contribution in [0.5, 0.6) is 0 Å². The van der Waals surface area contributed by atoms with E-state index in [4.69, 9.17) is 10.00 Å². The molecular formula is C24H26BN7O2. The Balaban J connectivity index is 1.34. The number of pyridine rings is 1. The van der Waals surface area contributed by atoms with Gasteiger partial charge in [-0.15, -0.1) is 4.80 Å². The highest BCUT2D eigenvalue weighted by Gasteiger charge is 2.33. The number of rotatable bonds is 4. The number of aromatic nitrogens is 4. The molecule has 5 rings (SSSR count). The van der Waals surface area contributed by atoms with E-state index >= 15 is 0 Å². The van der Waals surface area contributed by atoms with Crippen LogP contribution in [0.1, 0.15) is 62.8 Å². The Labute approximate surface area is 199 Å². The Morgan fingerprint density at radius 3 is 2.88 bits per heavy atom. The van der Waals surface area contributed by atoms with Crippen molar-refractivity contribution in [2.24, 2.45) is 0 Å². The molecule has 0 bridgehead atoms. The summed E-state index contributed by atoms with van der Waals surface area (Å²) in [6.07, 6.45) is 3.32. The molecule has 1 fully saturated rings. The Morgan fingerprint density at radius 2 is 2.12 bits per heavy atom. The predicted molar refractivity (Wildman–Crippen MR) is 127 cm³/mol. The number of benzene rings is 1. The smallest absolute Gasteiger partial charge is 0.338 e. The number of carbonyl (C=O) groups is 1. The van der Waals surface area contributed by atoms with Gasteiger partial charge >= 0.3 is 5.97 Å². The van der Waals surface area contributed by atoms with Gasteiger partial charge in [0.1, 0.15) is 6.07 Å². The third-order valence-corrected chi connectivity index (χ3v) is 6.65. The highest BCUT2D eigenvalue weighted by atomic mass is 16.5. The Kier molecular flexibility index (Phi) is 5.67. The van der Waals surface area contributed by atoms with E-state index < -0.39 is 0 Å². The molecule has 1 aromatic carbocycles. The van der Waals surface area contributed by atoms with Gasteiger partial charge in [-0.05, 0) is 49.6 Å². The molecule has 4 heterocycles. The zero-order chi connectivity index (χ0) is 24.0. The zero-order valence-electron chi connectivity index (χ0n) is 19.7. The number of aryl methyl sites for hydroxylation is 1. The number of nitriles is 1. The van der Waals surface area contributed by atoms with Crippen molar-refractivity contribution in [3.8, 4) is 11.9 Å². The zero-order valence-corrected chi connectivity index (χ0v) is 19.7. The molecule has 3 atom stereocenters. The van der Waals surface area contributed by atoms with Crippen LogP contribution in [0.15, 0.2) is 30.6 Å². The molecule has 10 heteroatoms. The molecule has 0 spiro atoms. The van der Waals surface area contributed by atoms with Crippen molar-refractivity contribution in [2.45, 2.75) is 45.4 Å². The average molecular weight is 455 g/mol. The molecule has 0 radical (unpaired) electrons. The lowest BCUT2D eigenvalue weighted by Gasteiger charge is -2.38. The minimum absolute atomic E-state index is 0.134. The number of carbonyl (C=O) groups excluding carboxylic acids is 1. The van der Waals surface area contributed by atoms with Gasteiger partial charge in [0, 0.05) is 43.5 Å². The van der Waals surface area contributed by atoms with Crippen LogP contribution in [0.3, 0.4) is 0 Å². The Bertz CT molecular complexity index is 1320. The number of hydrogen-bond donors (Lipinski definition) is 1. The predicted octanol–water partition coefficient (Wildman–Crippen LogP) is 1.49. The van der Waals surface area contributed by atoms with E-state index in [1.807, 2.05) is 26.9 Å². The number of fused-ring (bicyclic) bond motifs is 1. The van der Waals surface area contributed by atoms with Gasteiger partial charge in [-0.1, -0.05) is 6.07 Å². The SMILES string of the molecule is BC1OC(=O)c2ccc([C@@H]3CN(Cc4cnn(-c5cc(C)c(C#N)cn5)n4)C[C@H](C)N3)c(C)c21. The lowest BCUT2D eigenvalue weighted by molar-refractivity contribution is 0.0511. The van der Waals surface area contributed by atoms with Crippen LogP contribution < -0.4 is 5.32 Å². The fourth-order valence-electron chi connectivity index (χ4n) is 5.07. The fourth-order valence-corrected chi connectivity index (χ4v) is 5.07. The van der Waals surface area contributed by atoms with Crippen molar-refractivity contribution in [2.75, 3.05) is 13.1 Å². The summed E-state index contributed by atoms with van der Waals surface area (Å²) < 4.78 is 5.43. The van der Waals surface area contributed by atoms with Gasteiger partial charge in [0.2, 0.25) is 0 Å². The molecule has 2 aliphatic rings. The summed E-state index contributed by atoms with van der Waals surface area (Å²) in [6, 6.07) is 8.10. The largest absolute Gasteiger partial charge is 0.464 e. The summed E-state index contributed by atoms with van der Waals surface area (Å²) in [6.45, 7) is 8.50. The average Bonchev–Trinajstić information content (AvgIpc) is 3.37. The minimum Gasteiger partial charge on any atom is -0.464 e. The molecule has 0 amide bonds. The van der Waals surface area contributed by atoms with E-state index in [-0.39, 0.29) is 18.0 Å². The van der Waals surface area contributed by atoms with Crippen LogP contribution in [0.25, 0.3) is 5.82 Å². The van der Waals surface area contributed by atoms with Crippen molar-refractivity contribution in [3.63, 3.8) is 0 Å². The maximum atomic E-state index is 12.1. The normalized spacial score (nSPS) is 22.3. The lowest BCUT2D eigenvalue weighted by Crippen LogP contribution is -2.50. The molecule has 1 unspecified atom stereocenters. The first-order valence-electron chi connectivity index (χ1n) is 11.4. The van der Waals surface area contributed by atoms with Gasteiger partial charge in [0.25, 0.3) is 0 Å². The van der Waals surface area contributed by atoms with E-state index in [0.29, 0.717) is 29.5 Å². The number of piperazine rings is 1. The van der Waals surface area contributed by atoms with Gasteiger partial charge in [-0.2, -0.15) is 15.5 Å². The number of esters is 1. The quantitative estimate of drug-likeness (QED) is 0.466. The summed E-state index contributed by atoms with van der Waals surface area (Å²) in [7, 11) is 1.93. The summed E-state index contributed by atoms with van der Waals surface area (Å²) in [5.74, 6) is 0.354. The summed E-state index contributed by atoms with van der Waals surface area (Å²) in [5.41, 5.74) is 6.24. The fraction of sp³-hybridized carbons (Fsp3) is 0.375. The monoisotopic (exact) mass is 455 g/mol. The molecule has 0 aliphatic carbocycles. The van der Waals surface area contributed by atoms with Crippen molar-refractivity contribution in [1.82, 2.24) is 30.2 Å². The summed E-state index contributed by atoms with van der Waals surface area (Å²) in [4.78, 5) is 20.3. The van der Waals surface area contributed by atoms with Gasteiger partial charge in [0.05, 0.1) is 29.0 Å². The van der Waals surface area contributed by atoms with E-state index in [0.717, 1.165) is 35.5 Å². The van der Waals surface area contributed by atoms with E-state index in [2.05, 4.69) is 51.4 Å². The van der Waals surface area contributed by atoms with Gasteiger partial charge in [-0.3, -0.25) is 4.90 Å². The standard InChI is InChI=1S/C24H26BN7O2/c1-13-6-21(27-8-16(13)7-26)32-28-9-17(30-32)11-31-10-14(2)29-20(12-31)18-4-5-19-22(15(18)3)23(25)34-24(19)33/h4-6,8-9,14,20,23,29H,10-12,25H2,1-3H3/t14-,20-,23?/m0/s1. The molecule has 9 nitrogen and oxygen atoms in total. The third-order valence-electron chi connectivity index (χ3n) is 6.65. The van der Waals surface area contributed by atoms with Crippen molar-refractivity contribution < 1.29 is 9.53 Å². The van der Waals surface area contributed by atoms with E-state index in [1.165, 1.54) is 10.4 Å². The van der Waals surface area contributed by atoms with Crippen LogP contribution in [0.2, 0.25) is 0 Å². The number of nitrogens with zero attached hydrogens (tertiary/aromatic N) is 6. The molecular weight excluding hydrogens is 429 g/mol. The number of ether oxygens (including phenoxy) is 1. The Hall–Kier alpha value is -3.55. The topological polar surface area (TPSA) is 109 Å². The van der Waals surface area contributed by atoms with Gasteiger partial charge < -0.3 is 10.1 Å². The van der Waals surface area contributed by atoms with Crippen LogP contribution in [-0.4, -0.2) is 57.8 Å². The second-order valence-corrected chi connectivity index (χ2v) is 9.20.